The highest BCUT2D eigenvalue weighted by Crippen LogP contribution is 2.21. The molecule has 0 saturated carbocycles. The number of nitrogens with zero attached hydrogens (tertiary/aromatic N) is 6. The van der Waals surface area contributed by atoms with Crippen LogP contribution in [0, 0.1) is 5.92 Å². The summed E-state index contributed by atoms with van der Waals surface area (Å²) in [4.78, 5) is 33.3. The highest BCUT2D eigenvalue weighted by molar-refractivity contribution is 5.92. The van der Waals surface area contributed by atoms with Crippen LogP contribution in [0.2, 0.25) is 0 Å². The first-order chi connectivity index (χ1) is 11.6. The van der Waals surface area contributed by atoms with Crippen LogP contribution in [0.25, 0.3) is 0 Å². The third kappa shape index (κ3) is 3.83. The topological polar surface area (TPSA) is 87.1 Å². The maximum atomic E-state index is 12.4. The number of carbonyl (C=O) groups is 1. The van der Waals surface area contributed by atoms with Crippen LogP contribution >= 0.6 is 0 Å². The first kappa shape index (κ1) is 16.3. The average Bonchev–Trinajstić information content (AvgIpc) is 2.98. The second-order valence-electron chi connectivity index (χ2n) is 6.15. The van der Waals surface area contributed by atoms with Crippen molar-refractivity contribution in [1.82, 2.24) is 30.2 Å². The van der Waals surface area contributed by atoms with E-state index in [9.17, 15) is 4.79 Å². The van der Waals surface area contributed by atoms with Crippen molar-refractivity contribution in [2.45, 2.75) is 6.04 Å². The van der Waals surface area contributed by atoms with Crippen molar-refractivity contribution in [3.8, 4) is 0 Å². The molecule has 3 rings (SSSR count). The van der Waals surface area contributed by atoms with Gasteiger partial charge in [0.1, 0.15) is 5.69 Å². The molecule has 126 valence electrons. The fourth-order valence-electron chi connectivity index (χ4n) is 2.97. The number of amides is 1. The van der Waals surface area contributed by atoms with Gasteiger partial charge in [-0.1, -0.05) is 0 Å². The van der Waals surface area contributed by atoms with Crippen LogP contribution in [-0.4, -0.2) is 70.5 Å². The predicted molar refractivity (Wildman–Crippen MR) is 89.6 cm³/mol. The molecule has 0 spiro atoms. The summed E-state index contributed by atoms with van der Waals surface area (Å²) in [7, 11) is 4.06. The van der Waals surface area contributed by atoms with E-state index in [1.807, 2.05) is 14.1 Å². The Morgan fingerprint density at radius 1 is 1.21 bits per heavy atom. The minimum absolute atomic E-state index is 0.00529. The minimum atomic E-state index is -0.201. The van der Waals surface area contributed by atoms with Gasteiger partial charge in [-0.15, -0.1) is 0 Å². The first-order valence-corrected chi connectivity index (χ1v) is 7.87. The lowest BCUT2D eigenvalue weighted by molar-refractivity contribution is 0.0922. The van der Waals surface area contributed by atoms with Gasteiger partial charge >= 0.3 is 0 Å². The van der Waals surface area contributed by atoms with E-state index in [2.05, 4.69) is 35.1 Å². The largest absolute Gasteiger partial charge is 0.346 e. The first-order valence-electron chi connectivity index (χ1n) is 7.87. The molecule has 1 fully saturated rings. The van der Waals surface area contributed by atoms with Gasteiger partial charge in [0.05, 0.1) is 12.2 Å². The minimum Gasteiger partial charge on any atom is -0.346 e. The molecule has 1 aliphatic rings. The molecule has 8 heteroatoms. The van der Waals surface area contributed by atoms with Crippen LogP contribution in [0.5, 0.6) is 0 Å². The summed E-state index contributed by atoms with van der Waals surface area (Å²) in [6, 6.07) is 1.80. The van der Waals surface area contributed by atoms with Crippen LogP contribution in [0.4, 0.5) is 5.95 Å². The van der Waals surface area contributed by atoms with E-state index in [1.54, 1.807) is 24.7 Å². The van der Waals surface area contributed by atoms with E-state index in [-0.39, 0.29) is 17.9 Å². The van der Waals surface area contributed by atoms with E-state index in [0.717, 1.165) is 13.1 Å². The summed E-state index contributed by atoms with van der Waals surface area (Å²) in [5, 5.41) is 3.09. The Hall–Kier alpha value is -2.61. The summed E-state index contributed by atoms with van der Waals surface area (Å²) in [6.45, 7) is 2.34. The zero-order valence-electron chi connectivity index (χ0n) is 13.8. The smallest absolute Gasteiger partial charge is 0.271 e. The number of carbonyl (C=O) groups excluding carboxylic acids is 1. The van der Waals surface area contributed by atoms with Gasteiger partial charge in [0.25, 0.3) is 5.91 Å². The molecule has 8 nitrogen and oxygen atoms in total. The molecule has 0 radical (unpaired) electrons. The monoisotopic (exact) mass is 327 g/mol. The van der Waals surface area contributed by atoms with Crippen LogP contribution in [0.3, 0.4) is 0 Å². The molecular weight excluding hydrogens is 306 g/mol. The Balaban J connectivity index is 1.72. The Labute approximate surface area is 141 Å². The number of rotatable bonds is 5. The van der Waals surface area contributed by atoms with Gasteiger partial charge in [-0.25, -0.2) is 15.0 Å². The molecular formula is C16H21N7O. The summed E-state index contributed by atoms with van der Waals surface area (Å²) in [6.07, 6.45) is 8.01. The van der Waals surface area contributed by atoms with Crippen molar-refractivity contribution in [3.05, 3.63) is 42.7 Å². The lowest BCUT2D eigenvalue weighted by Gasteiger charge is -2.22. The molecule has 1 saturated heterocycles. The number of hydrogen-bond acceptors (Lipinski definition) is 7. The third-order valence-electron chi connectivity index (χ3n) is 3.99. The number of aromatic nitrogens is 4. The Bertz CT molecular complexity index is 665. The van der Waals surface area contributed by atoms with E-state index in [4.69, 9.17) is 0 Å². The van der Waals surface area contributed by atoms with Gasteiger partial charge in [0.15, 0.2) is 0 Å². The van der Waals surface area contributed by atoms with Crippen LogP contribution in [0.1, 0.15) is 10.5 Å². The molecule has 2 atom stereocenters. The maximum absolute atomic E-state index is 12.4. The van der Waals surface area contributed by atoms with E-state index < -0.39 is 0 Å². The van der Waals surface area contributed by atoms with E-state index in [0.29, 0.717) is 18.2 Å². The molecule has 2 aromatic heterocycles. The summed E-state index contributed by atoms with van der Waals surface area (Å²) >= 11 is 0. The zero-order valence-corrected chi connectivity index (χ0v) is 13.8. The van der Waals surface area contributed by atoms with Crippen molar-refractivity contribution in [1.29, 1.82) is 0 Å². The molecule has 3 heterocycles. The van der Waals surface area contributed by atoms with Crippen molar-refractivity contribution in [2.75, 3.05) is 38.6 Å². The SMILES string of the molecule is CN(C)C[C@@H]1CN(c2ncccn2)C[C@H]1NC(=O)c1cnccn1. The molecule has 1 aliphatic heterocycles. The van der Waals surface area contributed by atoms with Crippen LogP contribution in [0.15, 0.2) is 37.1 Å². The van der Waals surface area contributed by atoms with Gasteiger partial charge in [0.2, 0.25) is 5.95 Å². The average molecular weight is 327 g/mol. The highest BCUT2D eigenvalue weighted by atomic mass is 16.2. The summed E-state index contributed by atoms with van der Waals surface area (Å²) < 4.78 is 0. The molecule has 24 heavy (non-hydrogen) atoms. The molecule has 0 aliphatic carbocycles. The predicted octanol–water partition coefficient (Wildman–Crippen LogP) is 0.0630. The highest BCUT2D eigenvalue weighted by Gasteiger charge is 2.35. The number of hydrogen-bond donors (Lipinski definition) is 1. The van der Waals surface area contributed by atoms with E-state index >= 15 is 0 Å². The number of anilines is 1. The van der Waals surface area contributed by atoms with Crippen LogP contribution in [-0.2, 0) is 0 Å². The Kier molecular flexibility index (Phi) is 4.95. The molecule has 2 aromatic rings. The lowest BCUT2D eigenvalue weighted by Crippen LogP contribution is -2.43. The van der Waals surface area contributed by atoms with Gasteiger partial charge in [-0.3, -0.25) is 9.78 Å². The lowest BCUT2D eigenvalue weighted by atomic mass is 10.0. The van der Waals surface area contributed by atoms with Crippen molar-refractivity contribution >= 4 is 11.9 Å². The van der Waals surface area contributed by atoms with Gasteiger partial charge in [-0.2, -0.15) is 0 Å². The van der Waals surface area contributed by atoms with Crippen molar-refractivity contribution < 1.29 is 4.79 Å². The zero-order chi connectivity index (χ0) is 16.9. The standard InChI is InChI=1S/C16H21N7O/c1-22(2)9-12-10-23(16-19-4-3-5-20-16)11-14(12)21-15(24)13-8-17-6-7-18-13/h3-8,12,14H,9-11H2,1-2H3,(H,21,24)/t12-,14-/m1/s1. The quantitative estimate of drug-likeness (QED) is 0.831. The fraction of sp³-hybridized carbons (Fsp3) is 0.438. The van der Waals surface area contributed by atoms with Gasteiger partial charge < -0.3 is 15.1 Å². The Morgan fingerprint density at radius 2 is 2.00 bits per heavy atom. The van der Waals surface area contributed by atoms with Crippen molar-refractivity contribution in [3.63, 3.8) is 0 Å². The normalized spacial score (nSPS) is 20.4. The second kappa shape index (κ2) is 7.31. The molecule has 1 N–H and O–H groups in total. The third-order valence-corrected chi connectivity index (χ3v) is 3.99. The van der Waals surface area contributed by atoms with Gasteiger partial charge in [0, 0.05) is 50.3 Å². The second-order valence-corrected chi connectivity index (χ2v) is 6.15. The summed E-state index contributed by atoms with van der Waals surface area (Å²) in [5.41, 5.74) is 0.329. The maximum Gasteiger partial charge on any atom is 0.271 e. The van der Waals surface area contributed by atoms with E-state index in [1.165, 1.54) is 12.4 Å². The fourth-order valence-corrected chi connectivity index (χ4v) is 2.97. The van der Waals surface area contributed by atoms with Crippen molar-refractivity contribution in [2.24, 2.45) is 5.92 Å². The molecule has 1 amide bonds. The summed E-state index contributed by atoms with van der Waals surface area (Å²) in [5.74, 6) is 0.773. The van der Waals surface area contributed by atoms with Gasteiger partial charge in [-0.05, 0) is 20.2 Å². The molecule has 0 unspecified atom stereocenters. The molecule has 0 bridgehead atoms. The Morgan fingerprint density at radius 3 is 2.67 bits per heavy atom. The van der Waals surface area contributed by atoms with Crippen LogP contribution < -0.4 is 10.2 Å². The molecule has 0 aromatic carbocycles. The number of nitrogens with one attached hydrogen (secondary N) is 1.